The van der Waals surface area contributed by atoms with E-state index in [1.807, 2.05) is 0 Å². The van der Waals surface area contributed by atoms with E-state index < -0.39 is 12.0 Å². The number of hydrogen-bond donors (Lipinski definition) is 2. The number of benzene rings is 1. The van der Waals surface area contributed by atoms with E-state index in [0.29, 0.717) is 12.2 Å². The van der Waals surface area contributed by atoms with Gasteiger partial charge in [-0.3, -0.25) is 4.79 Å². The summed E-state index contributed by atoms with van der Waals surface area (Å²) < 4.78 is 12.8. The second kappa shape index (κ2) is 5.03. The Bertz CT molecular complexity index is 461. The molecule has 0 radical (unpaired) electrons. The fourth-order valence-electron chi connectivity index (χ4n) is 1.89. The van der Waals surface area contributed by atoms with Crippen LogP contribution in [0.2, 0.25) is 0 Å². The van der Waals surface area contributed by atoms with Crippen LogP contribution in [0.3, 0.4) is 0 Å². The third-order valence-corrected chi connectivity index (χ3v) is 2.84. The quantitative estimate of drug-likeness (QED) is 0.809. The zero-order valence-electron chi connectivity index (χ0n) is 9.60. The molecule has 6 heteroatoms. The largest absolute Gasteiger partial charge is 0.480 e. The zero-order chi connectivity index (χ0) is 13.1. The highest BCUT2D eigenvalue weighted by atomic mass is 19.1. The molecule has 0 aliphatic carbocycles. The lowest BCUT2D eigenvalue weighted by atomic mass is 10.2. The lowest BCUT2D eigenvalue weighted by molar-refractivity contribution is -0.141. The highest BCUT2D eigenvalue weighted by Crippen LogP contribution is 2.17. The number of carbonyl (C=O) groups is 2. The fourth-order valence-corrected chi connectivity index (χ4v) is 1.89. The minimum Gasteiger partial charge on any atom is -0.480 e. The van der Waals surface area contributed by atoms with Gasteiger partial charge in [0.25, 0.3) is 0 Å². The number of carboxylic acid groups (broad SMARTS) is 1. The Balaban J connectivity index is 2.19. The average molecular weight is 252 g/mol. The highest BCUT2D eigenvalue weighted by molar-refractivity contribution is 5.85. The number of carboxylic acids is 1. The number of nitrogens with one attached hydrogen (secondary N) is 1. The molecule has 18 heavy (non-hydrogen) atoms. The Morgan fingerprint density at radius 2 is 2.06 bits per heavy atom. The molecule has 1 amide bonds. The van der Waals surface area contributed by atoms with Gasteiger partial charge in [0.05, 0.1) is 0 Å². The summed E-state index contributed by atoms with van der Waals surface area (Å²) in [6.07, 6.45) is 0.223. The zero-order valence-corrected chi connectivity index (χ0v) is 9.60. The van der Waals surface area contributed by atoms with E-state index in [1.165, 1.54) is 12.1 Å². The van der Waals surface area contributed by atoms with Crippen LogP contribution < -0.4 is 10.2 Å². The summed E-state index contributed by atoms with van der Waals surface area (Å²) in [5, 5.41) is 11.4. The summed E-state index contributed by atoms with van der Waals surface area (Å²) in [5.41, 5.74) is 0.708. The number of carbonyl (C=O) groups excluding carboxylic acids is 1. The second-order valence-electron chi connectivity index (χ2n) is 4.13. The van der Waals surface area contributed by atoms with Crippen LogP contribution in [0.4, 0.5) is 10.1 Å². The van der Waals surface area contributed by atoms with Crippen molar-refractivity contribution in [1.82, 2.24) is 5.32 Å². The van der Waals surface area contributed by atoms with Gasteiger partial charge in [0, 0.05) is 25.2 Å². The van der Waals surface area contributed by atoms with Crippen molar-refractivity contribution in [2.75, 3.05) is 18.0 Å². The summed E-state index contributed by atoms with van der Waals surface area (Å²) in [4.78, 5) is 24.1. The predicted molar refractivity (Wildman–Crippen MR) is 62.8 cm³/mol. The van der Waals surface area contributed by atoms with E-state index in [1.54, 1.807) is 17.0 Å². The van der Waals surface area contributed by atoms with E-state index in [-0.39, 0.29) is 24.7 Å². The predicted octanol–water partition coefficient (Wildman–Crippen LogP) is 0.605. The standard InChI is InChI=1S/C12H13FN2O3/c13-8-1-3-9(4-2-8)15-6-5-11(16)14-10(7-15)12(17)18/h1-4,10H,5-7H2,(H,14,16)(H,17,18). The molecule has 1 aliphatic rings. The number of halogens is 1. The fraction of sp³-hybridized carbons (Fsp3) is 0.333. The molecule has 0 spiro atoms. The van der Waals surface area contributed by atoms with Crippen molar-refractivity contribution in [2.45, 2.75) is 12.5 Å². The Morgan fingerprint density at radius 1 is 1.39 bits per heavy atom. The first-order chi connectivity index (χ1) is 8.56. The molecule has 96 valence electrons. The lowest BCUT2D eigenvalue weighted by Crippen LogP contribution is -2.45. The topological polar surface area (TPSA) is 69.6 Å². The van der Waals surface area contributed by atoms with Gasteiger partial charge < -0.3 is 15.3 Å². The molecule has 2 N–H and O–H groups in total. The van der Waals surface area contributed by atoms with E-state index in [0.717, 1.165) is 0 Å². The number of anilines is 1. The Kier molecular flexibility index (Phi) is 3.45. The normalized spacial score (nSPS) is 20.2. The van der Waals surface area contributed by atoms with Crippen molar-refractivity contribution in [2.24, 2.45) is 0 Å². The van der Waals surface area contributed by atoms with Gasteiger partial charge in [-0.2, -0.15) is 0 Å². The number of nitrogens with zero attached hydrogens (tertiary/aromatic N) is 1. The number of rotatable bonds is 2. The molecule has 1 saturated heterocycles. The molecule has 1 aromatic rings. The Labute approximate surface area is 103 Å². The second-order valence-corrected chi connectivity index (χ2v) is 4.13. The van der Waals surface area contributed by atoms with Crippen molar-refractivity contribution in [3.63, 3.8) is 0 Å². The monoisotopic (exact) mass is 252 g/mol. The van der Waals surface area contributed by atoms with Crippen molar-refractivity contribution in [3.8, 4) is 0 Å². The van der Waals surface area contributed by atoms with Crippen molar-refractivity contribution in [1.29, 1.82) is 0 Å². The molecule has 2 rings (SSSR count). The van der Waals surface area contributed by atoms with Crippen molar-refractivity contribution < 1.29 is 19.1 Å². The van der Waals surface area contributed by atoms with E-state index in [4.69, 9.17) is 5.11 Å². The van der Waals surface area contributed by atoms with Crippen LogP contribution in [0, 0.1) is 5.82 Å². The van der Waals surface area contributed by atoms with Crippen molar-refractivity contribution >= 4 is 17.6 Å². The lowest BCUT2D eigenvalue weighted by Gasteiger charge is -2.24. The van der Waals surface area contributed by atoms with Gasteiger partial charge >= 0.3 is 5.97 Å². The molecule has 1 aromatic carbocycles. The first-order valence-electron chi connectivity index (χ1n) is 5.59. The average Bonchev–Trinajstić information content (AvgIpc) is 2.52. The number of hydrogen-bond acceptors (Lipinski definition) is 3. The summed E-state index contributed by atoms with van der Waals surface area (Å²) in [6.45, 7) is 0.591. The molecular formula is C12H13FN2O3. The maximum Gasteiger partial charge on any atom is 0.328 e. The minimum absolute atomic E-state index is 0.173. The van der Waals surface area contributed by atoms with Gasteiger partial charge in [0.1, 0.15) is 11.9 Å². The summed E-state index contributed by atoms with van der Waals surface area (Å²) >= 11 is 0. The molecule has 5 nitrogen and oxygen atoms in total. The molecule has 0 aromatic heterocycles. The van der Waals surface area contributed by atoms with Crippen molar-refractivity contribution in [3.05, 3.63) is 30.1 Å². The number of amides is 1. The summed E-state index contributed by atoms with van der Waals surface area (Å²) in [7, 11) is 0. The molecule has 1 unspecified atom stereocenters. The molecule has 1 aliphatic heterocycles. The molecule has 1 heterocycles. The van der Waals surface area contributed by atoms with Crippen LogP contribution in [0.15, 0.2) is 24.3 Å². The summed E-state index contributed by atoms with van der Waals surface area (Å²) in [5.74, 6) is -1.71. The molecule has 1 fully saturated rings. The van der Waals surface area contributed by atoms with Gasteiger partial charge in [-0.1, -0.05) is 0 Å². The van der Waals surface area contributed by atoms with E-state index in [2.05, 4.69) is 5.32 Å². The Hall–Kier alpha value is -2.11. The SMILES string of the molecule is O=C1CCN(c2ccc(F)cc2)CC(C(=O)O)N1. The highest BCUT2D eigenvalue weighted by Gasteiger charge is 2.26. The van der Waals surface area contributed by atoms with E-state index >= 15 is 0 Å². The summed E-state index contributed by atoms with van der Waals surface area (Å²) in [6, 6.07) is 4.83. The minimum atomic E-state index is -1.07. The first kappa shape index (κ1) is 12.3. The maximum atomic E-state index is 12.8. The number of aliphatic carboxylic acids is 1. The Morgan fingerprint density at radius 3 is 2.67 bits per heavy atom. The van der Waals surface area contributed by atoms with Crippen LogP contribution in [-0.2, 0) is 9.59 Å². The third kappa shape index (κ3) is 2.77. The van der Waals surface area contributed by atoms with Crippen LogP contribution in [0.1, 0.15) is 6.42 Å². The molecule has 1 atom stereocenters. The van der Waals surface area contributed by atoms with Gasteiger partial charge in [0.2, 0.25) is 5.91 Å². The molecule has 0 bridgehead atoms. The smallest absolute Gasteiger partial charge is 0.328 e. The van der Waals surface area contributed by atoms with E-state index in [9.17, 15) is 14.0 Å². The van der Waals surface area contributed by atoms with Gasteiger partial charge in [-0.15, -0.1) is 0 Å². The third-order valence-electron chi connectivity index (χ3n) is 2.84. The molecular weight excluding hydrogens is 239 g/mol. The van der Waals surface area contributed by atoms with Crippen LogP contribution >= 0.6 is 0 Å². The maximum absolute atomic E-state index is 12.8. The van der Waals surface area contributed by atoms with Crippen LogP contribution in [0.25, 0.3) is 0 Å². The van der Waals surface area contributed by atoms with Gasteiger partial charge in [0.15, 0.2) is 0 Å². The van der Waals surface area contributed by atoms with Gasteiger partial charge in [-0.05, 0) is 24.3 Å². The first-order valence-corrected chi connectivity index (χ1v) is 5.59. The van der Waals surface area contributed by atoms with Gasteiger partial charge in [-0.25, -0.2) is 9.18 Å². The van der Waals surface area contributed by atoms with Crippen LogP contribution in [0.5, 0.6) is 0 Å². The molecule has 0 saturated carbocycles. The van der Waals surface area contributed by atoms with Crippen LogP contribution in [-0.4, -0.2) is 36.1 Å².